The number of ether oxygens (including phenoxy) is 1. The van der Waals surface area contributed by atoms with Crippen LogP contribution >= 0.6 is 0 Å². The SMILES string of the molecule is COC(=O)c1ccc([C@@H]2c3c(oc4ccccc4c3=O)C(=O)N2CCc2ccccc2)cc1. The molecule has 164 valence electrons. The standard InChI is InChI=1S/C27H21NO5/c1-32-27(31)19-13-11-18(12-14-19)23-22-24(29)20-9-5-6-10-21(20)33-25(22)26(30)28(23)16-15-17-7-3-2-4-8-17/h2-14,23H,15-16H2,1H3/t23-/m1/s1. The summed E-state index contributed by atoms with van der Waals surface area (Å²) in [6.07, 6.45) is 0.630. The van der Waals surface area contributed by atoms with Gasteiger partial charge in [-0.05, 0) is 41.8 Å². The number of para-hydroxylation sites is 1. The van der Waals surface area contributed by atoms with Crippen LogP contribution in [0.4, 0.5) is 0 Å². The van der Waals surface area contributed by atoms with Gasteiger partial charge in [0.25, 0.3) is 5.91 Å². The molecule has 1 aromatic heterocycles. The Morgan fingerprint density at radius 1 is 0.939 bits per heavy atom. The zero-order valence-electron chi connectivity index (χ0n) is 18.0. The first-order valence-electron chi connectivity index (χ1n) is 10.7. The molecular weight excluding hydrogens is 418 g/mol. The lowest BCUT2D eigenvalue weighted by molar-refractivity contribution is 0.0600. The molecule has 5 rings (SSSR count). The summed E-state index contributed by atoms with van der Waals surface area (Å²) in [7, 11) is 1.32. The molecule has 0 saturated carbocycles. The highest BCUT2D eigenvalue weighted by Crippen LogP contribution is 2.38. The van der Waals surface area contributed by atoms with E-state index < -0.39 is 12.0 Å². The Balaban J connectivity index is 1.62. The molecular formula is C27H21NO5. The average molecular weight is 439 g/mol. The summed E-state index contributed by atoms with van der Waals surface area (Å²) in [6, 6.07) is 23.0. The Morgan fingerprint density at radius 3 is 2.36 bits per heavy atom. The molecule has 0 fully saturated rings. The van der Waals surface area contributed by atoms with E-state index >= 15 is 0 Å². The highest BCUT2D eigenvalue weighted by Gasteiger charge is 2.42. The zero-order chi connectivity index (χ0) is 22.9. The first-order chi connectivity index (χ1) is 16.1. The van der Waals surface area contributed by atoms with Crippen molar-refractivity contribution in [1.29, 1.82) is 0 Å². The summed E-state index contributed by atoms with van der Waals surface area (Å²) in [5, 5.41) is 0.435. The molecule has 0 saturated heterocycles. The van der Waals surface area contributed by atoms with Gasteiger partial charge in [-0.15, -0.1) is 0 Å². The molecule has 1 aliphatic rings. The number of rotatable bonds is 5. The first-order valence-corrected chi connectivity index (χ1v) is 10.7. The highest BCUT2D eigenvalue weighted by atomic mass is 16.5. The van der Waals surface area contributed by atoms with Crippen molar-refractivity contribution in [2.24, 2.45) is 0 Å². The van der Waals surface area contributed by atoms with Crippen LogP contribution in [0.3, 0.4) is 0 Å². The van der Waals surface area contributed by atoms with Crippen molar-refractivity contribution in [3.05, 3.63) is 117 Å². The number of fused-ring (bicyclic) bond motifs is 2. The van der Waals surface area contributed by atoms with E-state index in [1.807, 2.05) is 30.3 Å². The quantitative estimate of drug-likeness (QED) is 0.432. The van der Waals surface area contributed by atoms with Crippen molar-refractivity contribution in [3.63, 3.8) is 0 Å². The fourth-order valence-electron chi connectivity index (χ4n) is 4.36. The lowest BCUT2D eigenvalue weighted by Gasteiger charge is -2.25. The van der Waals surface area contributed by atoms with E-state index in [1.54, 1.807) is 53.4 Å². The maximum absolute atomic E-state index is 13.5. The minimum atomic E-state index is -0.608. The number of hydrogen-bond acceptors (Lipinski definition) is 5. The van der Waals surface area contributed by atoms with Crippen LogP contribution in [0.5, 0.6) is 0 Å². The van der Waals surface area contributed by atoms with Crippen molar-refractivity contribution in [1.82, 2.24) is 4.90 Å². The van der Waals surface area contributed by atoms with Gasteiger partial charge < -0.3 is 14.1 Å². The molecule has 6 nitrogen and oxygen atoms in total. The molecule has 0 bridgehead atoms. The second kappa shape index (κ2) is 8.39. The third-order valence-corrected chi connectivity index (χ3v) is 6.00. The fraction of sp³-hybridized carbons (Fsp3) is 0.148. The number of carbonyl (C=O) groups is 2. The number of nitrogens with zero attached hydrogens (tertiary/aromatic N) is 1. The van der Waals surface area contributed by atoms with Gasteiger partial charge in [-0.2, -0.15) is 0 Å². The largest absolute Gasteiger partial charge is 0.465 e. The van der Waals surface area contributed by atoms with Gasteiger partial charge in [-0.25, -0.2) is 4.79 Å². The van der Waals surface area contributed by atoms with Crippen LogP contribution in [0.2, 0.25) is 0 Å². The lowest BCUT2D eigenvalue weighted by Crippen LogP contribution is -2.31. The van der Waals surface area contributed by atoms with E-state index in [0.717, 1.165) is 11.1 Å². The van der Waals surface area contributed by atoms with Gasteiger partial charge >= 0.3 is 5.97 Å². The fourth-order valence-corrected chi connectivity index (χ4v) is 4.36. The highest BCUT2D eigenvalue weighted by molar-refractivity contribution is 5.99. The van der Waals surface area contributed by atoms with Crippen LogP contribution in [0, 0.1) is 0 Å². The Labute approximate surface area is 190 Å². The summed E-state index contributed by atoms with van der Waals surface area (Å²) in [5.74, 6) is -0.685. The van der Waals surface area contributed by atoms with E-state index in [0.29, 0.717) is 35.1 Å². The smallest absolute Gasteiger partial charge is 0.337 e. The van der Waals surface area contributed by atoms with Crippen LogP contribution in [-0.4, -0.2) is 30.4 Å². The zero-order valence-corrected chi connectivity index (χ0v) is 18.0. The van der Waals surface area contributed by atoms with E-state index in [1.165, 1.54) is 7.11 Å². The average Bonchev–Trinajstić information content (AvgIpc) is 3.14. The molecule has 0 radical (unpaired) electrons. The molecule has 2 heterocycles. The molecule has 1 atom stereocenters. The maximum Gasteiger partial charge on any atom is 0.337 e. The second-order valence-electron chi connectivity index (χ2n) is 7.92. The molecule has 0 N–H and O–H groups in total. The normalized spacial score (nSPS) is 15.0. The lowest BCUT2D eigenvalue weighted by atomic mass is 9.97. The number of methoxy groups -OCH3 is 1. The van der Waals surface area contributed by atoms with Crippen LogP contribution < -0.4 is 5.43 Å². The van der Waals surface area contributed by atoms with Crippen molar-refractivity contribution in [3.8, 4) is 0 Å². The maximum atomic E-state index is 13.5. The molecule has 0 spiro atoms. The van der Waals surface area contributed by atoms with Gasteiger partial charge in [0.2, 0.25) is 5.76 Å². The van der Waals surface area contributed by atoms with Gasteiger partial charge in [0.1, 0.15) is 5.58 Å². The Hall–Kier alpha value is -4.19. The van der Waals surface area contributed by atoms with Gasteiger partial charge in [0, 0.05) is 6.54 Å². The van der Waals surface area contributed by atoms with E-state index in [9.17, 15) is 14.4 Å². The molecule has 3 aromatic carbocycles. The van der Waals surface area contributed by atoms with Crippen molar-refractivity contribution >= 4 is 22.8 Å². The summed E-state index contributed by atoms with van der Waals surface area (Å²) in [5.41, 5.74) is 2.71. The summed E-state index contributed by atoms with van der Waals surface area (Å²) in [6.45, 7) is 0.409. The number of hydrogen-bond donors (Lipinski definition) is 0. The molecule has 4 aromatic rings. The number of benzene rings is 3. The van der Waals surface area contributed by atoms with Crippen LogP contribution in [-0.2, 0) is 11.2 Å². The van der Waals surface area contributed by atoms with E-state index in [4.69, 9.17) is 9.15 Å². The third-order valence-electron chi connectivity index (χ3n) is 6.00. The van der Waals surface area contributed by atoms with Crippen LogP contribution in [0.1, 0.15) is 43.6 Å². The number of esters is 1. The Kier molecular flexibility index (Phi) is 5.26. The monoisotopic (exact) mass is 439 g/mol. The summed E-state index contributed by atoms with van der Waals surface area (Å²) >= 11 is 0. The molecule has 0 aliphatic carbocycles. The summed E-state index contributed by atoms with van der Waals surface area (Å²) in [4.78, 5) is 40.5. The molecule has 0 unspecified atom stereocenters. The minimum Gasteiger partial charge on any atom is -0.465 e. The predicted molar refractivity (Wildman–Crippen MR) is 123 cm³/mol. The molecule has 6 heteroatoms. The molecule has 1 aliphatic heterocycles. The van der Waals surface area contributed by atoms with Crippen LogP contribution in [0.25, 0.3) is 11.0 Å². The van der Waals surface area contributed by atoms with Gasteiger partial charge in [-0.3, -0.25) is 9.59 Å². The van der Waals surface area contributed by atoms with Gasteiger partial charge in [0.15, 0.2) is 5.43 Å². The van der Waals surface area contributed by atoms with E-state index in [2.05, 4.69) is 0 Å². The Bertz CT molecular complexity index is 1410. The topological polar surface area (TPSA) is 76.8 Å². The van der Waals surface area contributed by atoms with E-state index in [-0.39, 0.29) is 17.1 Å². The first kappa shape index (κ1) is 20.7. The number of carbonyl (C=O) groups excluding carboxylic acids is 2. The second-order valence-corrected chi connectivity index (χ2v) is 7.92. The van der Waals surface area contributed by atoms with Crippen molar-refractivity contribution < 1.29 is 18.7 Å². The Morgan fingerprint density at radius 2 is 1.64 bits per heavy atom. The molecule has 33 heavy (non-hydrogen) atoms. The summed E-state index contributed by atoms with van der Waals surface area (Å²) < 4.78 is 10.7. The van der Waals surface area contributed by atoms with Gasteiger partial charge in [0.05, 0.1) is 29.7 Å². The van der Waals surface area contributed by atoms with Crippen molar-refractivity contribution in [2.45, 2.75) is 12.5 Å². The molecule has 1 amide bonds. The third kappa shape index (κ3) is 3.59. The minimum absolute atomic E-state index is 0.0776. The predicted octanol–water partition coefficient (Wildman–Crippen LogP) is 4.37. The van der Waals surface area contributed by atoms with Crippen molar-refractivity contribution in [2.75, 3.05) is 13.7 Å². The van der Waals surface area contributed by atoms with Gasteiger partial charge in [-0.1, -0.05) is 54.6 Å². The number of amides is 1. The van der Waals surface area contributed by atoms with Crippen LogP contribution in [0.15, 0.2) is 88.1 Å².